The van der Waals surface area contributed by atoms with Crippen molar-refractivity contribution in [2.24, 2.45) is 0 Å². The summed E-state index contributed by atoms with van der Waals surface area (Å²) in [4.78, 5) is 21.8. The summed E-state index contributed by atoms with van der Waals surface area (Å²) in [5, 5.41) is 0. The van der Waals surface area contributed by atoms with E-state index < -0.39 is 40.8 Å². The molecule has 0 spiro atoms. The van der Waals surface area contributed by atoms with Gasteiger partial charge in [-0.05, 0) is 24.3 Å². The molecule has 10 heteroatoms. The molecule has 0 aromatic heterocycles. The fourth-order valence-corrected chi connectivity index (χ4v) is 2.56. The van der Waals surface area contributed by atoms with Gasteiger partial charge in [-0.1, -0.05) is 24.3 Å². The molecule has 29 heavy (non-hydrogen) atoms. The monoisotopic (exact) mass is 420 g/mol. The third-order valence-corrected chi connectivity index (χ3v) is 3.82. The number of carbonyl (C=O) groups is 2. The summed E-state index contributed by atoms with van der Waals surface area (Å²) >= 11 is 0. The van der Waals surface area contributed by atoms with Crippen molar-refractivity contribution in [2.45, 2.75) is 31.6 Å². The fraction of sp³-hybridized carbons (Fsp3) is 0.263. The van der Waals surface area contributed by atoms with Gasteiger partial charge in [0.2, 0.25) is 5.67 Å². The number of hydrogen-bond donors (Lipinski definition) is 0. The van der Waals surface area contributed by atoms with Crippen molar-refractivity contribution < 1.29 is 45.4 Å². The van der Waals surface area contributed by atoms with Crippen molar-refractivity contribution in [3.8, 4) is 11.5 Å². The van der Waals surface area contributed by atoms with Gasteiger partial charge >= 0.3 is 24.0 Å². The third kappa shape index (κ3) is 4.36. The quantitative estimate of drug-likeness (QED) is 0.390. The number of halogens is 6. The largest absolute Gasteiger partial charge is 0.457 e. The lowest BCUT2D eigenvalue weighted by atomic mass is 9.82. The minimum absolute atomic E-state index is 0.163. The molecule has 0 N–H and O–H groups in total. The first-order chi connectivity index (χ1) is 13.3. The van der Waals surface area contributed by atoms with E-state index in [1.54, 1.807) is 0 Å². The van der Waals surface area contributed by atoms with Gasteiger partial charge in [0, 0.05) is 25.0 Å². The number of esters is 2. The molecule has 0 saturated carbocycles. The smallest absolute Gasteiger partial charge is 0.427 e. The maximum atomic E-state index is 15.6. The van der Waals surface area contributed by atoms with Gasteiger partial charge in [-0.2, -0.15) is 22.0 Å². The van der Waals surface area contributed by atoms with Crippen LogP contribution >= 0.6 is 0 Å². The molecule has 0 heterocycles. The standard InChI is InChI=1S/C19H14F6O4/c1-11(26)28-15-7-3-13(4-8-15)17(20,18(21,22)19(23,24)25)14-5-9-16(10-6-14)29-12(2)27/h3-10H,1-2H3. The summed E-state index contributed by atoms with van der Waals surface area (Å²) in [6, 6.07) is 6.23. The van der Waals surface area contributed by atoms with Gasteiger partial charge in [-0.15, -0.1) is 0 Å². The van der Waals surface area contributed by atoms with E-state index in [0.29, 0.717) is 24.3 Å². The van der Waals surface area contributed by atoms with Crippen molar-refractivity contribution in [1.29, 1.82) is 0 Å². The van der Waals surface area contributed by atoms with Gasteiger partial charge < -0.3 is 9.47 Å². The second-order valence-electron chi connectivity index (χ2n) is 5.97. The van der Waals surface area contributed by atoms with Gasteiger partial charge in [0.05, 0.1) is 0 Å². The van der Waals surface area contributed by atoms with Gasteiger partial charge in [-0.3, -0.25) is 9.59 Å². The van der Waals surface area contributed by atoms with Crippen LogP contribution in [0.3, 0.4) is 0 Å². The van der Waals surface area contributed by atoms with Crippen molar-refractivity contribution in [1.82, 2.24) is 0 Å². The number of carbonyl (C=O) groups excluding carboxylic acids is 2. The molecular weight excluding hydrogens is 406 g/mol. The second-order valence-corrected chi connectivity index (χ2v) is 5.97. The first kappa shape index (κ1) is 22.3. The molecule has 0 aliphatic carbocycles. The summed E-state index contributed by atoms with van der Waals surface area (Å²) < 4.78 is 92.8. The molecular formula is C19H14F6O4. The minimum atomic E-state index is -6.22. The number of ether oxygens (including phenoxy) is 2. The number of benzene rings is 2. The Labute approximate surface area is 161 Å². The lowest BCUT2D eigenvalue weighted by Gasteiger charge is -2.35. The lowest BCUT2D eigenvalue weighted by Crippen LogP contribution is -2.53. The number of hydrogen-bond acceptors (Lipinski definition) is 4. The Morgan fingerprint density at radius 2 is 0.966 bits per heavy atom. The predicted octanol–water partition coefficient (Wildman–Crippen LogP) is 4.95. The molecule has 2 aromatic rings. The highest BCUT2D eigenvalue weighted by atomic mass is 19.4. The molecule has 0 amide bonds. The van der Waals surface area contributed by atoms with E-state index in [2.05, 4.69) is 9.47 Å². The van der Waals surface area contributed by atoms with Crippen LogP contribution < -0.4 is 9.47 Å². The average Bonchev–Trinajstić information content (AvgIpc) is 2.60. The SMILES string of the molecule is CC(=O)Oc1ccc(C(F)(c2ccc(OC(C)=O)cc2)C(F)(F)C(F)(F)F)cc1. The van der Waals surface area contributed by atoms with Crippen LogP contribution in [0.1, 0.15) is 25.0 Å². The maximum absolute atomic E-state index is 15.6. The summed E-state index contributed by atoms with van der Waals surface area (Å²) in [6.07, 6.45) is -6.22. The Bertz CT molecular complexity index is 829. The zero-order valence-electron chi connectivity index (χ0n) is 15.0. The van der Waals surface area contributed by atoms with Crippen LogP contribution in [0.2, 0.25) is 0 Å². The Morgan fingerprint density at radius 1 is 0.655 bits per heavy atom. The van der Waals surface area contributed by atoms with Gasteiger partial charge in [0.25, 0.3) is 0 Å². The second kappa shape index (κ2) is 7.76. The van der Waals surface area contributed by atoms with Crippen molar-refractivity contribution >= 4 is 11.9 Å². The summed E-state index contributed by atoms with van der Waals surface area (Å²) in [5.41, 5.74) is -6.35. The summed E-state index contributed by atoms with van der Waals surface area (Å²) in [6.45, 7) is 2.10. The molecule has 0 fully saturated rings. The van der Waals surface area contributed by atoms with E-state index in [1.165, 1.54) is 0 Å². The van der Waals surface area contributed by atoms with Gasteiger partial charge in [0.15, 0.2) is 0 Å². The van der Waals surface area contributed by atoms with Crippen LogP contribution in [0.25, 0.3) is 0 Å². The van der Waals surface area contributed by atoms with E-state index >= 15 is 4.39 Å². The zero-order chi connectivity index (χ0) is 22.0. The molecule has 2 rings (SSSR count). The Hall–Kier alpha value is -3.04. The van der Waals surface area contributed by atoms with Crippen molar-refractivity contribution in [3.05, 3.63) is 59.7 Å². The van der Waals surface area contributed by atoms with Crippen LogP contribution in [0.5, 0.6) is 11.5 Å². The Morgan fingerprint density at radius 3 is 1.21 bits per heavy atom. The Balaban J connectivity index is 2.61. The Kier molecular flexibility index (Phi) is 5.96. The van der Waals surface area contributed by atoms with Crippen LogP contribution in [0.4, 0.5) is 26.3 Å². The summed E-state index contributed by atoms with van der Waals surface area (Å²) in [5.74, 6) is -7.66. The molecule has 0 saturated heterocycles. The topological polar surface area (TPSA) is 52.6 Å². The molecule has 0 radical (unpaired) electrons. The minimum Gasteiger partial charge on any atom is -0.427 e. The maximum Gasteiger partial charge on any atom is 0.457 e. The highest BCUT2D eigenvalue weighted by molar-refractivity contribution is 5.69. The van der Waals surface area contributed by atoms with E-state index in [-0.39, 0.29) is 11.5 Å². The van der Waals surface area contributed by atoms with Gasteiger partial charge in [-0.25, -0.2) is 4.39 Å². The van der Waals surface area contributed by atoms with Crippen LogP contribution in [-0.2, 0) is 15.3 Å². The van der Waals surface area contributed by atoms with E-state index in [1.807, 2.05) is 0 Å². The van der Waals surface area contributed by atoms with Crippen LogP contribution in [0, 0.1) is 0 Å². The molecule has 0 unspecified atom stereocenters. The van der Waals surface area contributed by atoms with Crippen molar-refractivity contribution in [3.63, 3.8) is 0 Å². The van der Waals surface area contributed by atoms with Crippen LogP contribution in [-0.4, -0.2) is 24.0 Å². The molecule has 0 atom stereocenters. The molecule has 0 aliphatic heterocycles. The molecule has 0 bridgehead atoms. The van der Waals surface area contributed by atoms with Crippen molar-refractivity contribution in [2.75, 3.05) is 0 Å². The zero-order valence-corrected chi connectivity index (χ0v) is 15.0. The number of rotatable bonds is 5. The first-order valence-corrected chi connectivity index (χ1v) is 8.00. The molecule has 0 aliphatic rings. The van der Waals surface area contributed by atoms with E-state index in [0.717, 1.165) is 38.1 Å². The fourth-order valence-electron chi connectivity index (χ4n) is 2.56. The molecule has 156 valence electrons. The number of alkyl halides is 6. The molecule has 2 aromatic carbocycles. The van der Waals surface area contributed by atoms with E-state index in [4.69, 9.17) is 0 Å². The van der Waals surface area contributed by atoms with Gasteiger partial charge in [0.1, 0.15) is 11.5 Å². The van der Waals surface area contributed by atoms with E-state index in [9.17, 15) is 31.5 Å². The normalized spacial score (nSPS) is 12.4. The predicted molar refractivity (Wildman–Crippen MR) is 88.4 cm³/mol. The van der Waals surface area contributed by atoms with Crippen LogP contribution in [0.15, 0.2) is 48.5 Å². The first-order valence-electron chi connectivity index (χ1n) is 8.00. The highest BCUT2D eigenvalue weighted by Gasteiger charge is 2.72. The highest BCUT2D eigenvalue weighted by Crippen LogP contribution is 2.54. The average molecular weight is 420 g/mol. The third-order valence-electron chi connectivity index (χ3n) is 3.82. The summed E-state index contributed by atoms with van der Waals surface area (Å²) in [7, 11) is 0. The molecule has 4 nitrogen and oxygen atoms in total. The lowest BCUT2D eigenvalue weighted by molar-refractivity contribution is -0.323.